The molecule has 0 aromatic carbocycles. The second-order valence-corrected chi connectivity index (χ2v) is 8.07. The van der Waals surface area contributed by atoms with Crippen molar-refractivity contribution in [3.8, 4) is 0 Å². The number of rotatable bonds is 6. The number of piperazine rings is 1. The summed E-state index contributed by atoms with van der Waals surface area (Å²) in [5.74, 6) is 1.18. The van der Waals surface area contributed by atoms with Crippen LogP contribution in [0.4, 0.5) is 0 Å². The molecule has 0 aliphatic carbocycles. The third-order valence-electron chi connectivity index (χ3n) is 3.63. The summed E-state index contributed by atoms with van der Waals surface area (Å²) in [5, 5.41) is 3.47. The Morgan fingerprint density at radius 1 is 1.33 bits per heavy atom. The Balaban J connectivity index is 2.56. The normalized spacial score (nSPS) is 26.7. The van der Waals surface area contributed by atoms with E-state index >= 15 is 0 Å². The van der Waals surface area contributed by atoms with Gasteiger partial charge in [-0.15, -0.1) is 0 Å². The topological polar surface area (TPSA) is 49.4 Å². The van der Waals surface area contributed by atoms with Crippen LogP contribution >= 0.6 is 0 Å². The van der Waals surface area contributed by atoms with Crippen LogP contribution in [0.1, 0.15) is 34.1 Å². The molecule has 0 radical (unpaired) electrons. The number of hydrogen-bond donors (Lipinski definition) is 1. The molecule has 1 N–H and O–H groups in total. The fourth-order valence-electron chi connectivity index (χ4n) is 2.59. The Morgan fingerprint density at radius 3 is 2.56 bits per heavy atom. The van der Waals surface area contributed by atoms with Crippen LogP contribution in [0.2, 0.25) is 0 Å². The molecular formula is C13H28N2O2S. The molecular weight excluding hydrogens is 248 g/mol. The van der Waals surface area contributed by atoms with Gasteiger partial charge in [0, 0.05) is 37.5 Å². The van der Waals surface area contributed by atoms with E-state index in [0.717, 1.165) is 13.1 Å². The van der Waals surface area contributed by atoms with E-state index in [2.05, 4.69) is 31.0 Å². The largest absolute Gasteiger partial charge is 0.311 e. The Bertz CT molecular complexity index is 341. The van der Waals surface area contributed by atoms with E-state index in [9.17, 15) is 8.42 Å². The maximum atomic E-state index is 11.8. The minimum atomic E-state index is -2.86. The molecule has 18 heavy (non-hydrogen) atoms. The van der Waals surface area contributed by atoms with Crippen molar-refractivity contribution in [3.05, 3.63) is 0 Å². The number of nitrogens with one attached hydrogen (secondary N) is 1. The lowest BCUT2D eigenvalue weighted by atomic mass is 9.99. The molecule has 108 valence electrons. The molecule has 0 aromatic rings. The molecule has 0 amide bonds. The lowest BCUT2D eigenvalue weighted by Crippen LogP contribution is -2.58. The highest BCUT2D eigenvalue weighted by Crippen LogP contribution is 2.15. The van der Waals surface area contributed by atoms with Gasteiger partial charge < -0.3 is 5.32 Å². The third kappa shape index (κ3) is 4.86. The number of hydrogen-bond acceptors (Lipinski definition) is 4. The van der Waals surface area contributed by atoms with Crippen molar-refractivity contribution >= 4 is 9.84 Å². The standard InChI is InChI=1S/C13H28N2O2S/c1-5-7-18(16,17)8-6-15-10-12(4)14-9-13(15)11(2)3/h11-14H,5-10H2,1-4H3. The van der Waals surface area contributed by atoms with Gasteiger partial charge in [0.1, 0.15) is 0 Å². The lowest BCUT2D eigenvalue weighted by Gasteiger charge is -2.41. The quantitative estimate of drug-likeness (QED) is 0.790. The summed E-state index contributed by atoms with van der Waals surface area (Å²) >= 11 is 0. The summed E-state index contributed by atoms with van der Waals surface area (Å²) < 4.78 is 23.6. The van der Waals surface area contributed by atoms with Crippen molar-refractivity contribution in [2.24, 2.45) is 5.92 Å². The van der Waals surface area contributed by atoms with Gasteiger partial charge in [0.05, 0.1) is 5.75 Å². The third-order valence-corrected chi connectivity index (χ3v) is 5.46. The highest BCUT2D eigenvalue weighted by Gasteiger charge is 2.28. The molecule has 1 fully saturated rings. The molecule has 4 nitrogen and oxygen atoms in total. The Hall–Kier alpha value is -0.130. The first-order chi connectivity index (χ1) is 8.35. The summed E-state index contributed by atoms with van der Waals surface area (Å²) in [7, 11) is -2.86. The summed E-state index contributed by atoms with van der Waals surface area (Å²) in [6.45, 7) is 11.1. The predicted octanol–water partition coefficient (Wildman–Crippen LogP) is 1.13. The van der Waals surface area contributed by atoms with E-state index in [4.69, 9.17) is 0 Å². The summed E-state index contributed by atoms with van der Waals surface area (Å²) in [5.41, 5.74) is 0. The number of nitrogens with zero attached hydrogens (tertiary/aromatic N) is 1. The SMILES string of the molecule is CCCS(=O)(=O)CCN1CC(C)NCC1C(C)C. The van der Waals surface area contributed by atoms with Crippen LogP contribution in [-0.2, 0) is 9.84 Å². The van der Waals surface area contributed by atoms with Gasteiger partial charge >= 0.3 is 0 Å². The Morgan fingerprint density at radius 2 is 2.00 bits per heavy atom. The Kier molecular flexibility index (Phi) is 6.08. The second-order valence-electron chi connectivity index (χ2n) is 5.77. The van der Waals surface area contributed by atoms with Crippen molar-refractivity contribution in [2.75, 3.05) is 31.1 Å². The Labute approximate surface area is 112 Å². The first kappa shape index (κ1) is 15.9. The molecule has 0 saturated carbocycles. The fourth-order valence-corrected chi connectivity index (χ4v) is 3.93. The molecule has 1 heterocycles. The van der Waals surface area contributed by atoms with Gasteiger partial charge in [0.25, 0.3) is 0 Å². The first-order valence-corrected chi connectivity index (χ1v) is 8.85. The molecule has 0 spiro atoms. The average Bonchev–Trinajstić information content (AvgIpc) is 2.26. The van der Waals surface area contributed by atoms with Crippen LogP contribution < -0.4 is 5.32 Å². The monoisotopic (exact) mass is 276 g/mol. The molecule has 1 aliphatic rings. The summed E-state index contributed by atoms with van der Waals surface area (Å²) in [4.78, 5) is 2.35. The smallest absolute Gasteiger partial charge is 0.151 e. The molecule has 2 atom stereocenters. The van der Waals surface area contributed by atoms with Gasteiger partial charge in [-0.2, -0.15) is 0 Å². The molecule has 1 rings (SSSR count). The van der Waals surface area contributed by atoms with Crippen molar-refractivity contribution in [2.45, 2.75) is 46.2 Å². The van der Waals surface area contributed by atoms with E-state index in [1.807, 2.05) is 6.92 Å². The molecule has 1 saturated heterocycles. The van der Waals surface area contributed by atoms with Crippen LogP contribution in [0.15, 0.2) is 0 Å². The van der Waals surface area contributed by atoms with E-state index < -0.39 is 9.84 Å². The zero-order chi connectivity index (χ0) is 13.8. The van der Waals surface area contributed by atoms with E-state index in [1.165, 1.54) is 0 Å². The van der Waals surface area contributed by atoms with Crippen LogP contribution in [-0.4, -0.2) is 56.5 Å². The maximum Gasteiger partial charge on any atom is 0.151 e. The molecule has 0 aromatic heterocycles. The van der Waals surface area contributed by atoms with Crippen LogP contribution in [0.3, 0.4) is 0 Å². The fraction of sp³-hybridized carbons (Fsp3) is 1.00. The van der Waals surface area contributed by atoms with Crippen molar-refractivity contribution in [3.63, 3.8) is 0 Å². The van der Waals surface area contributed by atoms with E-state index in [1.54, 1.807) is 0 Å². The summed E-state index contributed by atoms with van der Waals surface area (Å²) in [6, 6.07) is 0.909. The highest BCUT2D eigenvalue weighted by molar-refractivity contribution is 7.91. The molecule has 0 bridgehead atoms. The minimum absolute atomic E-state index is 0.302. The van der Waals surface area contributed by atoms with Crippen molar-refractivity contribution in [1.29, 1.82) is 0 Å². The van der Waals surface area contributed by atoms with Crippen molar-refractivity contribution < 1.29 is 8.42 Å². The van der Waals surface area contributed by atoms with Crippen LogP contribution in [0.25, 0.3) is 0 Å². The van der Waals surface area contributed by atoms with Gasteiger partial charge in [0.2, 0.25) is 0 Å². The van der Waals surface area contributed by atoms with Gasteiger partial charge in [-0.05, 0) is 19.3 Å². The minimum Gasteiger partial charge on any atom is -0.311 e. The number of sulfone groups is 1. The predicted molar refractivity (Wildman–Crippen MR) is 76.6 cm³/mol. The lowest BCUT2D eigenvalue weighted by molar-refractivity contribution is 0.110. The van der Waals surface area contributed by atoms with E-state index in [0.29, 0.717) is 42.5 Å². The zero-order valence-corrected chi connectivity index (χ0v) is 13.0. The molecule has 2 unspecified atom stereocenters. The van der Waals surface area contributed by atoms with Crippen LogP contribution in [0.5, 0.6) is 0 Å². The molecule has 1 aliphatic heterocycles. The van der Waals surface area contributed by atoms with Gasteiger partial charge in [-0.3, -0.25) is 4.90 Å². The van der Waals surface area contributed by atoms with Gasteiger partial charge in [-0.25, -0.2) is 8.42 Å². The summed E-state index contributed by atoms with van der Waals surface area (Å²) in [6.07, 6.45) is 0.716. The van der Waals surface area contributed by atoms with Crippen LogP contribution in [0, 0.1) is 5.92 Å². The average molecular weight is 276 g/mol. The van der Waals surface area contributed by atoms with Crippen molar-refractivity contribution in [1.82, 2.24) is 10.2 Å². The maximum absolute atomic E-state index is 11.8. The second kappa shape index (κ2) is 6.87. The first-order valence-electron chi connectivity index (χ1n) is 7.03. The highest BCUT2D eigenvalue weighted by atomic mass is 32.2. The van der Waals surface area contributed by atoms with Gasteiger partial charge in [0.15, 0.2) is 9.84 Å². The van der Waals surface area contributed by atoms with Gasteiger partial charge in [-0.1, -0.05) is 20.8 Å². The molecule has 5 heteroatoms. The van der Waals surface area contributed by atoms with E-state index in [-0.39, 0.29) is 0 Å². The zero-order valence-electron chi connectivity index (χ0n) is 12.1.